The summed E-state index contributed by atoms with van der Waals surface area (Å²) in [7, 11) is 0. The molecule has 0 aliphatic carbocycles. The van der Waals surface area contributed by atoms with Gasteiger partial charge in [0.25, 0.3) is 0 Å². The first-order valence-corrected chi connectivity index (χ1v) is 11.3. The van der Waals surface area contributed by atoms with E-state index in [0.29, 0.717) is 11.5 Å². The molecule has 0 radical (unpaired) electrons. The molecule has 0 heterocycles. The van der Waals surface area contributed by atoms with Crippen LogP contribution in [0.1, 0.15) is 82.8 Å². The minimum atomic E-state index is -0.670. The third kappa shape index (κ3) is 8.72. The van der Waals surface area contributed by atoms with Crippen molar-refractivity contribution in [2.24, 2.45) is 0 Å². The van der Waals surface area contributed by atoms with E-state index in [2.05, 4.69) is 13.8 Å². The average Bonchev–Trinajstić information content (AvgIpc) is 2.73. The van der Waals surface area contributed by atoms with E-state index in [9.17, 15) is 4.79 Å². The Morgan fingerprint density at radius 3 is 1.66 bits per heavy atom. The lowest BCUT2D eigenvalue weighted by molar-refractivity contribution is 0.151. The van der Waals surface area contributed by atoms with Gasteiger partial charge in [0, 0.05) is 0 Å². The molecule has 0 atom stereocenters. The van der Waals surface area contributed by atoms with Crippen LogP contribution in [0.5, 0.6) is 11.5 Å². The maximum Gasteiger partial charge on any atom is 0.519 e. The van der Waals surface area contributed by atoms with Gasteiger partial charge < -0.3 is 9.47 Å². The molecule has 0 fully saturated rings. The van der Waals surface area contributed by atoms with Crippen molar-refractivity contribution >= 4 is 6.16 Å². The zero-order valence-corrected chi connectivity index (χ0v) is 18.1. The van der Waals surface area contributed by atoms with Gasteiger partial charge in [-0.25, -0.2) is 4.79 Å². The summed E-state index contributed by atoms with van der Waals surface area (Å²) >= 11 is 0. The van der Waals surface area contributed by atoms with Crippen LogP contribution >= 0.6 is 0 Å². The van der Waals surface area contributed by atoms with E-state index in [0.717, 1.165) is 36.8 Å². The van der Waals surface area contributed by atoms with Gasteiger partial charge in [0.05, 0.1) is 0 Å². The van der Waals surface area contributed by atoms with Gasteiger partial charge in [-0.3, -0.25) is 0 Å². The van der Waals surface area contributed by atoms with Gasteiger partial charge in [0.15, 0.2) is 0 Å². The fourth-order valence-electron chi connectivity index (χ4n) is 3.54. The quantitative estimate of drug-likeness (QED) is 0.196. The van der Waals surface area contributed by atoms with E-state index in [1.54, 1.807) is 0 Å². The highest BCUT2D eigenvalue weighted by Crippen LogP contribution is 2.24. The molecule has 2 rings (SSSR count). The summed E-state index contributed by atoms with van der Waals surface area (Å²) in [6.07, 6.45) is 12.4. The molecule has 0 aromatic heterocycles. The van der Waals surface area contributed by atoms with Gasteiger partial charge in [0.1, 0.15) is 11.5 Å². The Morgan fingerprint density at radius 2 is 1.10 bits per heavy atom. The van der Waals surface area contributed by atoms with Gasteiger partial charge in [-0.2, -0.15) is 0 Å². The Kier molecular flexibility index (Phi) is 11.0. The summed E-state index contributed by atoms with van der Waals surface area (Å²) < 4.78 is 11.0. The van der Waals surface area contributed by atoms with Crippen LogP contribution in [-0.2, 0) is 12.8 Å². The third-order valence-electron chi connectivity index (χ3n) is 5.15. The zero-order chi connectivity index (χ0) is 20.7. The van der Waals surface area contributed by atoms with Crippen LogP contribution in [0.15, 0.2) is 48.5 Å². The molecule has 0 aliphatic heterocycles. The first-order valence-electron chi connectivity index (χ1n) is 11.3. The summed E-state index contributed by atoms with van der Waals surface area (Å²) in [6, 6.07) is 15.4. The highest BCUT2D eigenvalue weighted by molar-refractivity contribution is 5.68. The van der Waals surface area contributed by atoms with Crippen molar-refractivity contribution in [2.45, 2.75) is 84.5 Å². The second-order valence-electron chi connectivity index (χ2n) is 7.64. The monoisotopic (exact) mass is 396 g/mol. The Bertz CT molecular complexity index is 723. The number of rotatable bonds is 13. The number of carbonyl (C=O) groups excluding carboxylic acids is 1. The molecule has 2 aromatic rings. The predicted octanol–water partition coefficient (Wildman–Crippen LogP) is 7.90. The number of ether oxygens (including phenoxy) is 2. The van der Waals surface area contributed by atoms with Gasteiger partial charge in [-0.1, -0.05) is 102 Å². The van der Waals surface area contributed by atoms with E-state index in [4.69, 9.17) is 9.47 Å². The molecule has 3 heteroatoms. The average molecular weight is 397 g/mol. The maximum absolute atomic E-state index is 12.3. The maximum atomic E-state index is 12.3. The molecular formula is C26H36O3. The van der Waals surface area contributed by atoms with E-state index in [1.165, 1.54) is 44.9 Å². The molecular weight excluding hydrogens is 360 g/mol. The summed E-state index contributed by atoms with van der Waals surface area (Å²) in [6.45, 7) is 4.36. The Hall–Kier alpha value is -2.29. The minimum absolute atomic E-state index is 0.583. The fraction of sp³-hybridized carbons (Fsp3) is 0.500. The third-order valence-corrected chi connectivity index (χ3v) is 5.15. The highest BCUT2D eigenvalue weighted by atomic mass is 16.7. The van der Waals surface area contributed by atoms with E-state index in [-0.39, 0.29) is 0 Å². The Labute approximate surface area is 176 Å². The summed E-state index contributed by atoms with van der Waals surface area (Å²) in [4.78, 5) is 12.3. The number of carbonyl (C=O) groups is 1. The summed E-state index contributed by atoms with van der Waals surface area (Å²) in [5, 5.41) is 0. The van der Waals surface area contributed by atoms with Crippen molar-refractivity contribution in [2.75, 3.05) is 0 Å². The number of unbranched alkanes of at least 4 members (excludes halogenated alkanes) is 7. The molecule has 0 bridgehead atoms. The number of para-hydroxylation sites is 2. The SMILES string of the molecule is CCCCCCCCCCc1ccccc1OC(=O)Oc1ccccc1CCC. The number of benzene rings is 2. The van der Waals surface area contributed by atoms with E-state index < -0.39 is 6.16 Å². The predicted molar refractivity (Wildman–Crippen MR) is 120 cm³/mol. The molecule has 29 heavy (non-hydrogen) atoms. The van der Waals surface area contributed by atoms with Gasteiger partial charge in [-0.15, -0.1) is 0 Å². The molecule has 2 aromatic carbocycles. The summed E-state index contributed by atoms with van der Waals surface area (Å²) in [5.41, 5.74) is 2.09. The standard InChI is InChI=1S/C26H36O3/c1-3-5-6-7-8-9-10-11-17-23-19-13-15-21-25(23)29-26(27)28-24-20-14-12-18-22(24)16-4-2/h12-15,18-21H,3-11,16-17H2,1-2H3. The normalized spacial score (nSPS) is 10.7. The minimum Gasteiger partial charge on any atom is -0.394 e. The van der Waals surface area contributed by atoms with Crippen LogP contribution in [0.4, 0.5) is 4.79 Å². The number of hydrogen-bond acceptors (Lipinski definition) is 3. The molecule has 0 saturated carbocycles. The first-order chi connectivity index (χ1) is 14.2. The van der Waals surface area contributed by atoms with Crippen LogP contribution < -0.4 is 9.47 Å². The van der Waals surface area contributed by atoms with Crippen molar-refractivity contribution in [1.29, 1.82) is 0 Å². The molecule has 0 amide bonds. The van der Waals surface area contributed by atoms with Crippen LogP contribution in [0.25, 0.3) is 0 Å². The van der Waals surface area contributed by atoms with Crippen LogP contribution in [0.2, 0.25) is 0 Å². The summed E-state index contributed by atoms with van der Waals surface area (Å²) in [5.74, 6) is 1.19. The molecule has 158 valence electrons. The van der Waals surface area contributed by atoms with Gasteiger partial charge >= 0.3 is 6.16 Å². The number of aryl methyl sites for hydroxylation is 2. The molecule has 0 aliphatic rings. The lowest BCUT2D eigenvalue weighted by atomic mass is 10.0. The Morgan fingerprint density at radius 1 is 0.621 bits per heavy atom. The second-order valence-corrected chi connectivity index (χ2v) is 7.64. The molecule has 0 unspecified atom stereocenters. The van der Waals surface area contributed by atoms with Gasteiger partial charge in [0.2, 0.25) is 0 Å². The Balaban J connectivity index is 1.81. The van der Waals surface area contributed by atoms with Crippen LogP contribution in [-0.4, -0.2) is 6.16 Å². The van der Waals surface area contributed by atoms with Gasteiger partial charge in [-0.05, 0) is 42.5 Å². The van der Waals surface area contributed by atoms with Crippen molar-refractivity contribution < 1.29 is 14.3 Å². The van der Waals surface area contributed by atoms with Crippen molar-refractivity contribution in [3.8, 4) is 11.5 Å². The number of hydrogen-bond donors (Lipinski definition) is 0. The second kappa shape index (κ2) is 13.8. The van der Waals surface area contributed by atoms with E-state index >= 15 is 0 Å². The lowest BCUT2D eigenvalue weighted by Crippen LogP contribution is -2.15. The van der Waals surface area contributed by atoms with Crippen LogP contribution in [0.3, 0.4) is 0 Å². The first kappa shape index (κ1) is 23.0. The van der Waals surface area contributed by atoms with Crippen molar-refractivity contribution in [1.82, 2.24) is 0 Å². The smallest absolute Gasteiger partial charge is 0.394 e. The molecule has 0 saturated heterocycles. The molecule has 3 nitrogen and oxygen atoms in total. The molecule has 0 spiro atoms. The highest BCUT2D eigenvalue weighted by Gasteiger charge is 2.13. The fourth-order valence-corrected chi connectivity index (χ4v) is 3.54. The van der Waals surface area contributed by atoms with Crippen molar-refractivity contribution in [3.05, 3.63) is 59.7 Å². The van der Waals surface area contributed by atoms with Crippen molar-refractivity contribution in [3.63, 3.8) is 0 Å². The van der Waals surface area contributed by atoms with E-state index in [1.807, 2.05) is 48.5 Å². The topological polar surface area (TPSA) is 35.5 Å². The largest absolute Gasteiger partial charge is 0.519 e. The molecule has 0 N–H and O–H groups in total. The van der Waals surface area contributed by atoms with Crippen LogP contribution in [0, 0.1) is 0 Å². The lowest BCUT2D eigenvalue weighted by Gasteiger charge is -2.12. The zero-order valence-electron chi connectivity index (χ0n) is 18.1.